The van der Waals surface area contributed by atoms with Crippen molar-refractivity contribution in [2.45, 2.75) is 33.1 Å². The third-order valence-electron chi connectivity index (χ3n) is 11.8. The van der Waals surface area contributed by atoms with Gasteiger partial charge >= 0.3 is 0 Å². The maximum Gasteiger partial charge on any atom is 0.0714 e. The number of hydrogen-bond acceptors (Lipinski definition) is 1. The number of aryl methyl sites for hydroxylation is 4. The molecule has 0 aliphatic heterocycles. The summed E-state index contributed by atoms with van der Waals surface area (Å²) < 4.78 is 2.68. The Morgan fingerprint density at radius 1 is 0.385 bits per heavy atom. The van der Waals surface area contributed by atoms with Crippen LogP contribution >= 0.6 is 11.3 Å². The lowest BCUT2D eigenvalue weighted by atomic mass is 9.66. The second kappa shape index (κ2) is 10.6. The summed E-state index contributed by atoms with van der Waals surface area (Å²) in [5.74, 6) is 0. The normalized spacial score (nSPS) is 13.5. The summed E-state index contributed by atoms with van der Waals surface area (Å²) in [5, 5.41) is 13.2. The summed E-state index contributed by atoms with van der Waals surface area (Å²) in [4.78, 5) is 0. The Morgan fingerprint density at radius 3 is 1.62 bits per heavy atom. The summed E-state index contributed by atoms with van der Waals surface area (Å²) >= 11 is 1.92. The van der Waals surface area contributed by atoms with Gasteiger partial charge in [0.25, 0.3) is 0 Å². The number of rotatable bonds is 2. The van der Waals surface area contributed by atoms with Crippen molar-refractivity contribution in [1.29, 1.82) is 0 Å². The van der Waals surface area contributed by atoms with E-state index in [1.54, 1.807) is 0 Å². The van der Waals surface area contributed by atoms with Gasteiger partial charge in [0.2, 0.25) is 0 Å². The molecule has 52 heavy (non-hydrogen) atoms. The van der Waals surface area contributed by atoms with E-state index in [-0.39, 0.29) is 0 Å². The minimum absolute atomic E-state index is 0.504. The Bertz CT molecular complexity index is 3060. The first kappa shape index (κ1) is 29.9. The van der Waals surface area contributed by atoms with Gasteiger partial charge in [-0.15, -0.1) is 11.3 Å². The van der Waals surface area contributed by atoms with Crippen LogP contribution < -0.4 is 0 Å². The predicted molar refractivity (Wildman–Crippen MR) is 226 cm³/mol. The van der Waals surface area contributed by atoms with Crippen molar-refractivity contribution < 1.29 is 0 Å². The summed E-state index contributed by atoms with van der Waals surface area (Å²) in [6.07, 6.45) is 0. The van der Waals surface area contributed by atoms with Crippen molar-refractivity contribution in [2.24, 2.45) is 0 Å². The molecule has 1 aliphatic rings. The molecule has 0 spiro atoms. The molecule has 1 heterocycles. The van der Waals surface area contributed by atoms with Crippen molar-refractivity contribution in [3.63, 3.8) is 0 Å². The molecule has 246 valence electrons. The monoisotopic (exact) mass is 680 g/mol. The SMILES string of the molecule is Cc1cc(C)cc(C2(c3cc(C)cc(C)c3)c3cc4sc5ccccc5c4cc3-c3c2ccc2c4ccc5ccccc5c4c4ccccc4c32)c1. The Labute approximate surface area is 307 Å². The molecule has 0 atom stereocenters. The number of benzene rings is 9. The van der Waals surface area contributed by atoms with Crippen LogP contribution in [0.1, 0.15) is 44.5 Å². The topological polar surface area (TPSA) is 0 Å². The third kappa shape index (κ3) is 3.92. The van der Waals surface area contributed by atoms with Gasteiger partial charge in [-0.05, 0) is 122 Å². The third-order valence-corrected chi connectivity index (χ3v) is 12.9. The van der Waals surface area contributed by atoms with Crippen LogP contribution in [0.2, 0.25) is 0 Å². The van der Waals surface area contributed by atoms with E-state index in [9.17, 15) is 0 Å². The minimum atomic E-state index is -0.504. The Kier molecular flexibility index (Phi) is 6.12. The number of hydrogen-bond donors (Lipinski definition) is 0. The van der Waals surface area contributed by atoms with Gasteiger partial charge < -0.3 is 0 Å². The first-order valence-corrected chi connectivity index (χ1v) is 19.1. The van der Waals surface area contributed by atoms with E-state index in [0.29, 0.717) is 0 Å². The van der Waals surface area contributed by atoms with Gasteiger partial charge in [0.05, 0.1) is 5.41 Å². The first-order valence-electron chi connectivity index (χ1n) is 18.3. The molecule has 1 heteroatoms. The van der Waals surface area contributed by atoms with E-state index in [4.69, 9.17) is 0 Å². The molecule has 1 aliphatic carbocycles. The Hall–Kier alpha value is -5.76. The number of fused-ring (bicyclic) bond motifs is 15. The van der Waals surface area contributed by atoms with Crippen LogP contribution in [0.15, 0.2) is 146 Å². The average Bonchev–Trinajstić information content (AvgIpc) is 3.65. The van der Waals surface area contributed by atoms with Gasteiger partial charge in [-0.25, -0.2) is 0 Å². The zero-order chi connectivity index (χ0) is 34.9. The summed E-state index contributed by atoms with van der Waals surface area (Å²) in [5.41, 5.74) is 12.8. The highest BCUT2D eigenvalue weighted by Crippen LogP contribution is 2.61. The standard InChI is InChI=1S/C51H36S/c1-29-21-30(2)24-34(23-29)51(35-25-31(3)22-32(4)26-35)44-20-19-41-40-18-17-33-11-5-6-12-36(33)48(40)38-14-7-8-15-39(38)49(41)50(44)43-27-42-37-13-9-10-16-46(37)52-47(42)28-45(43)51/h5-28H,1-4H3. The smallest absolute Gasteiger partial charge is 0.0714 e. The molecule has 0 unspecified atom stereocenters. The maximum atomic E-state index is 2.56. The van der Waals surface area contributed by atoms with Gasteiger partial charge in [0, 0.05) is 20.2 Å². The molecule has 9 aromatic carbocycles. The second-order valence-corrected chi connectivity index (χ2v) is 16.2. The molecular formula is C51H36S. The zero-order valence-electron chi connectivity index (χ0n) is 29.8. The van der Waals surface area contributed by atoms with Crippen LogP contribution in [0.3, 0.4) is 0 Å². The van der Waals surface area contributed by atoms with Crippen LogP contribution in [0, 0.1) is 27.7 Å². The average molecular weight is 681 g/mol. The molecule has 0 nitrogen and oxygen atoms in total. The molecule has 0 saturated carbocycles. The van der Waals surface area contributed by atoms with Gasteiger partial charge in [-0.3, -0.25) is 0 Å². The van der Waals surface area contributed by atoms with Crippen LogP contribution in [-0.2, 0) is 5.41 Å². The zero-order valence-corrected chi connectivity index (χ0v) is 30.6. The fourth-order valence-electron chi connectivity index (χ4n) is 10.0. The van der Waals surface area contributed by atoms with Crippen LogP contribution in [0.4, 0.5) is 0 Å². The van der Waals surface area contributed by atoms with Crippen LogP contribution in [-0.4, -0.2) is 0 Å². The highest BCUT2D eigenvalue weighted by atomic mass is 32.1. The van der Waals surface area contributed by atoms with Gasteiger partial charge in [-0.2, -0.15) is 0 Å². The number of thiophene rings is 1. The maximum absolute atomic E-state index is 2.56. The van der Waals surface area contributed by atoms with Gasteiger partial charge in [0.1, 0.15) is 0 Å². The lowest BCUT2D eigenvalue weighted by Crippen LogP contribution is -2.29. The molecule has 10 aromatic rings. The molecule has 0 N–H and O–H groups in total. The minimum Gasteiger partial charge on any atom is -0.135 e. The van der Waals surface area contributed by atoms with E-state index in [1.807, 2.05) is 11.3 Å². The van der Waals surface area contributed by atoms with E-state index < -0.39 is 5.41 Å². The van der Waals surface area contributed by atoms with Gasteiger partial charge in [0.15, 0.2) is 0 Å². The van der Waals surface area contributed by atoms with Crippen molar-refractivity contribution in [3.05, 3.63) is 190 Å². The molecular weight excluding hydrogens is 645 g/mol. The van der Waals surface area contributed by atoms with Crippen molar-refractivity contribution in [2.75, 3.05) is 0 Å². The van der Waals surface area contributed by atoms with Crippen LogP contribution in [0.25, 0.3) is 74.4 Å². The van der Waals surface area contributed by atoms with Crippen molar-refractivity contribution >= 4 is 74.6 Å². The van der Waals surface area contributed by atoms with E-state index in [2.05, 4.69) is 173 Å². The predicted octanol–water partition coefficient (Wildman–Crippen LogP) is 14.3. The van der Waals surface area contributed by atoms with Crippen LogP contribution in [0.5, 0.6) is 0 Å². The Balaban J connectivity index is 1.42. The van der Waals surface area contributed by atoms with E-state index in [1.165, 1.54) is 119 Å². The van der Waals surface area contributed by atoms with Crippen molar-refractivity contribution in [3.8, 4) is 11.1 Å². The van der Waals surface area contributed by atoms with Crippen molar-refractivity contribution in [1.82, 2.24) is 0 Å². The molecule has 0 amide bonds. The van der Waals surface area contributed by atoms with Gasteiger partial charge in [-0.1, -0.05) is 150 Å². The molecule has 0 bridgehead atoms. The molecule has 0 radical (unpaired) electrons. The molecule has 1 aromatic heterocycles. The summed E-state index contributed by atoms with van der Waals surface area (Å²) in [6.45, 7) is 9.01. The largest absolute Gasteiger partial charge is 0.135 e. The fourth-order valence-corrected chi connectivity index (χ4v) is 11.1. The summed E-state index contributed by atoms with van der Waals surface area (Å²) in [7, 11) is 0. The fraction of sp³-hybridized carbons (Fsp3) is 0.0980. The van der Waals surface area contributed by atoms with E-state index in [0.717, 1.165) is 0 Å². The lowest BCUT2D eigenvalue weighted by Gasteiger charge is -2.35. The van der Waals surface area contributed by atoms with E-state index >= 15 is 0 Å². The Morgan fingerprint density at radius 2 is 0.923 bits per heavy atom. The second-order valence-electron chi connectivity index (χ2n) is 15.2. The highest BCUT2D eigenvalue weighted by molar-refractivity contribution is 7.25. The molecule has 0 fully saturated rings. The first-order chi connectivity index (χ1) is 25.4. The quantitative estimate of drug-likeness (QED) is 0.159. The molecule has 0 saturated heterocycles. The lowest BCUT2D eigenvalue weighted by molar-refractivity contribution is 0.765. The molecule has 11 rings (SSSR count). The summed E-state index contributed by atoms with van der Waals surface area (Å²) in [6, 6.07) is 56.1. The highest BCUT2D eigenvalue weighted by Gasteiger charge is 2.48.